The Morgan fingerprint density at radius 1 is 0.640 bits per heavy atom. The predicted molar refractivity (Wildman–Crippen MR) is 272 cm³/mol. The van der Waals surface area contributed by atoms with Crippen molar-refractivity contribution >= 4 is 109 Å². The maximum absolute atomic E-state index is 12.8. The molecule has 0 radical (unpaired) electrons. The molecule has 3 fully saturated rings. The fourth-order valence-electron chi connectivity index (χ4n) is 6.89. The first-order valence-corrected chi connectivity index (χ1v) is 27.3. The second-order valence-electron chi connectivity index (χ2n) is 19.4. The number of carboxylic acid groups (broad SMARTS) is 2. The molecule has 3 saturated heterocycles. The molecule has 0 saturated carbocycles. The first-order chi connectivity index (χ1) is 34.7. The van der Waals surface area contributed by atoms with Gasteiger partial charge in [0, 0.05) is 36.4 Å². The number of ether oxygens (including phenoxy) is 6. The number of alkyl halides is 2. The molecule has 3 atom stereocenters. The van der Waals surface area contributed by atoms with Crippen LogP contribution in [0, 0.1) is 0 Å². The fraction of sp³-hybridized carbons (Fsp3) is 0.667. The third-order valence-electron chi connectivity index (χ3n) is 9.95. The van der Waals surface area contributed by atoms with Crippen LogP contribution in [-0.4, -0.2) is 157 Å². The van der Waals surface area contributed by atoms with E-state index in [1.165, 1.54) is 32.9 Å². The summed E-state index contributed by atoms with van der Waals surface area (Å²) < 4.78 is 55.4. The van der Waals surface area contributed by atoms with Gasteiger partial charge in [-0.1, -0.05) is 56.7 Å². The fourth-order valence-corrected chi connectivity index (χ4v) is 8.02. The number of carboxylic acids is 2. The lowest BCUT2D eigenvalue weighted by atomic mass is 10.0. The molecule has 24 nitrogen and oxygen atoms in total. The normalized spacial score (nSPS) is 17.9. The molecule has 4 heterocycles. The van der Waals surface area contributed by atoms with Gasteiger partial charge < -0.3 is 38.6 Å². The monoisotopic (exact) mass is 1180 g/mol. The number of benzene rings is 1. The van der Waals surface area contributed by atoms with Crippen molar-refractivity contribution < 1.29 is 84.8 Å². The summed E-state index contributed by atoms with van der Waals surface area (Å²) in [6, 6.07) is 1.55. The summed E-state index contributed by atoms with van der Waals surface area (Å²) in [6.45, 7) is 16.7. The van der Waals surface area contributed by atoms with Crippen LogP contribution in [0.15, 0.2) is 18.2 Å². The molecule has 2 N–H and O–H groups in total. The lowest BCUT2D eigenvalue weighted by Crippen LogP contribution is -2.50. The summed E-state index contributed by atoms with van der Waals surface area (Å²) in [4.78, 5) is 87.6. The second kappa shape index (κ2) is 30.2. The number of piperidine rings is 3. The number of hydrogen-bond donors (Lipinski definition) is 2. The molecule has 424 valence electrons. The molecule has 1 aromatic heterocycles. The summed E-state index contributed by atoms with van der Waals surface area (Å²) in [7, 11) is 0.665. The van der Waals surface area contributed by atoms with E-state index in [0.29, 0.717) is 43.9 Å². The zero-order valence-corrected chi connectivity index (χ0v) is 47.6. The molecular formula is C45H65Cl5N6O18S. The van der Waals surface area contributed by atoms with Crippen molar-refractivity contribution in [2.24, 2.45) is 0 Å². The Balaban J connectivity index is 0.000000393. The third kappa shape index (κ3) is 24.4. The molecule has 3 aliphatic rings. The average Bonchev–Trinajstić information content (AvgIpc) is 3.70. The van der Waals surface area contributed by atoms with E-state index in [1.54, 1.807) is 62.3 Å². The SMILES string of the molecule is CC(C)(C)OC(=O)N1CCCCC1C(=O)O.CC(C)(C)OC(=O)N1CCCCC1C(=O)OCCl.CC(C)(C)OC(=O)N1CCCCC1C(=O)OCn1nnc(Oc2ccc(Cl)c(Cl)c2)c1C(=O)O.O=S(=O)(Cl)OCCl. The largest absolute Gasteiger partial charge is 0.480 e. The van der Waals surface area contributed by atoms with Crippen molar-refractivity contribution in [2.45, 2.75) is 162 Å². The van der Waals surface area contributed by atoms with Crippen LogP contribution in [0.5, 0.6) is 11.6 Å². The van der Waals surface area contributed by atoms with Gasteiger partial charge in [-0.25, -0.2) is 37.7 Å². The van der Waals surface area contributed by atoms with Gasteiger partial charge in [0.1, 0.15) is 46.7 Å². The molecule has 0 aliphatic carbocycles. The first kappa shape index (κ1) is 66.3. The van der Waals surface area contributed by atoms with Crippen LogP contribution in [-0.2, 0) is 58.3 Å². The zero-order valence-electron chi connectivity index (χ0n) is 43.0. The number of likely N-dealkylation sites (tertiary alicyclic amines) is 3. The predicted octanol–water partition coefficient (Wildman–Crippen LogP) is 9.42. The van der Waals surface area contributed by atoms with E-state index in [0.717, 1.165) is 43.2 Å². The van der Waals surface area contributed by atoms with Gasteiger partial charge >= 0.3 is 51.5 Å². The third-order valence-corrected chi connectivity index (χ3v) is 11.7. The maximum Gasteiger partial charge on any atom is 0.411 e. The highest BCUT2D eigenvalue weighted by molar-refractivity contribution is 8.10. The minimum absolute atomic E-state index is 0.191. The number of aliphatic carboxylic acids is 1. The van der Waals surface area contributed by atoms with Gasteiger partial charge in [0.15, 0.2) is 12.8 Å². The summed E-state index contributed by atoms with van der Waals surface area (Å²) in [6.07, 6.45) is 4.77. The Morgan fingerprint density at radius 3 is 1.43 bits per heavy atom. The molecular weight excluding hydrogens is 1120 g/mol. The molecule has 3 unspecified atom stereocenters. The molecule has 30 heteroatoms. The van der Waals surface area contributed by atoms with E-state index in [9.17, 15) is 47.1 Å². The topological polar surface area (TPSA) is 299 Å². The van der Waals surface area contributed by atoms with Crippen LogP contribution in [0.3, 0.4) is 0 Å². The molecule has 0 bridgehead atoms. The Labute approximate surface area is 459 Å². The minimum atomic E-state index is -3.83. The Hall–Kier alpha value is -4.79. The van der Waals surface area contributed by atoms with Gasteiger partial charge in [-0.2, -0.15) is 13.1 Å². The number of nitrogens with zero attached hydrogens (tertiary/aromatic N) is 6. The standard InChI is InChI=1S/C21H24Cl2N4O7.C12H20ClNO4.C11H19NO4.CH2Cl2O3S/c1-21(2,3)34-20(31)26-9-5-4-6-15(26)19(30)32-11-27-16(18(28)29)17(24-25-27)33-12-7-8-13(22)14(23)10-12;1-12(2,3)18-11(16)14-7-5-4-6-9(14)10(15)17-8-13;1-11(2,3)16-10(15)12-7-5-4-6-8(12)9(13)14;2-1-6-7(3,4)5/h7-8,10,15H,4-6,9,11H2,1-3H3,(H,28,29);9H,4-8H2,1-3H3;8H,4-7H2,1-3H3,(H,13,14);1H2. The summed E-state index contributed by atoms with van der Waals surface area (Å²) in [5.74, 6) is -3.65. The summed E-state index contributed by atoms with van der Waals surface area (Å²) >= 11 is 22.0. The lowest BCUT2D eigenvalue weighted by Gasteiger charge is -2.35. The van der Waals surface area contributed by atoms with Crippen molar-refractivity contribution in [3.05, 3.63) is 33.9 Å². The van der Waals surface area contributed by atoms with Crippen molar-refractivity contribution in [1.82, 2.24) is 29.7 Å². The lowest BCUT2D eigenvalue weighted by molar-refractivity contribution is -0.155. The molecule has 75 heavy (non-hydrogen) atoms. The molecule has 3 aliphatic heterocycles. The van der Waals surface area contributed by atoms with Crippen LogP contribution < -0.4 is 4.74 Å². The van der Waals surface area contributed by atoms with Gasteiger partial charge in [-0.15, -0.1) is 0 Å². The summed E-state index contributed by atoms with van der Waals surface area (Å²) in [5.41, 5.74) is -2.32. The van der Waals surface area contributed by atoms with E-state index < -0.39 is 105 Å². The summed E-state index contributed by atoms with van der Waals surface area (Å²) in [5, 5.41) is 26.6. The minimum Gasteiger partial charge on any atom is -0.480 e. The van der Waals surface area contributed by atoms with Gasteiger partial charge in [-0.3, -0.25) is 14.7 Å². The number of aromatic nitrogens is 3. The molecule has 0 spiro atoms. The Bertz CT molecular complexity index is 2380. The van der Waals surface area contributed by atoms with Gasteiger partial charge in [0.25, 0.3) is 5.88 Å². The second-order valence-corrected chi connectivity index (χ2v) is 22.8. The van der Waals surface area contributed by atoms with E-state index in [2.05, 4.69) is 25.2 Å². The van der Waals surface area contributed by atoms with Crippen LogP contribution in [0.25, 0.3) is 0 Å². The van der Waals surface area contributed by atoms with Crippen LogP contribution in [0.2, 0.25) is 10.0 Å². The molecule has 3 amide bonds. The zero-order chi connectivity index (χ0) is 57.1. The number of halogens is 5. The number of carbonyl (C=O) groups is 7. The molecule has 1 aromatic carbocycles. The van der Waals surface area contributed by atoms with Crippen molar-refractivity contribution in [1.29, 1.82) is 0 Å². The smallest absolute Gasteiger partial charge is 0.411 e. The van der Waals surface area contributed by atoms with Crippen molar-refractivity contribution in [3.63, 3.8) is 0 Å². The number of amides is 3. The number of carbonyl (C=O) groups excluding carboxylic acids is 5. The number of rotatable bonds is 11. The van der Waals surface area contributed by atoms with E-state index in [-0.39, 0.29) is 22.7 Å². The number of aromatic carboxylic acids is 1. The van der Waals surface area contributed by atoms with Crippen molar-refractivity contribution in [3.8, 4) is 11.6 Å². The number of hydrogen-bond acceptors (Lipinski definition) is 18. The van der Waals surface area contributed by atoms with Crippen LogP contribution in [0.1, 0.15) is 131 Å². The highest BCUT2D eigenvalue weighted by Crippen LogP contribution is 2.31. The number of esters is 2. The van der Waals surface area contributed by atoms with Gasteiger partial charge in [0.2, 0.25) is 5.69 Å². The quantitative estimate of drug-likeness (QED) is 0.0915. The van der Waals surface area contributed by atoms with Gasteiger partial charge in [-0.05, 0) is 132 Å². The first-order valence-electron chi connectivity index (χ1n) is 23.2. The van der Waals surface area contributed by atoms with Gasteiger partial charge in [0.05, 0.1) is 10.0 Å². The highest BCUT2D eigenvalue weighted by Gasteiger charge is 2.38. The maximum atomic E-state index is 12.8. The van der Waals surface area contributed by atoms with Crippen LogP contribution >= 0.6 is 57.1 Å². The molecule has 5 rings (SSSR count). The Kier molecular flexibility index (Phi) is 26.7. The average molecular weight is 1190 g/mol. The van der Waals surface area contributed by atoms with E-state index >= 15 is 0 Å². The molecule has 2 aromatic rings. The van der Waals surface area contributed by atoms with Crippen molar-refractivity contribution in [2.75, 3.05) is 31.8 Å². The van der Waals surface area contributed by atoms with E-state index in [4.69, 9.17) is 79.9 Å². The Morgan fingerprint density at radius 2 is 1.07 bits per heavy atom. The van der Waals surface area contributed by atoms with E-state index in [1.807, 2.05) is 0 Å². The van der Waals surface area contributed by atoms with Crippen LogP contribution in [0.4, 0.5) is 14.4 Å². The highest BCUT2D eigenvalue weighted by atomic mass is 35.7.